The van der Waals surface area contributed by atoms with Crippen LogP contribution >= 0.6 is 11.6 Å². The summed E-state index contributed by atoms with van der Waals surface area (Å²) in [6, 6.07) is 8.34. The van der Waals surface area contributed by atoms with Gasteiger partial charge in [0.05, 0.1) is 0 Å². The summed E-state index contributed by atoms with van der Waals surface area (Å²) in [5, 5.41) is 13.5. The van der Waals surface area contributed by atoms with Crippen molar-refractivity contribution in [3.63, 3.8) is 0 Å². The molecule has 1 heterocycles. The van der Waals surface area contributed by atoms with E-state index in [1.165, 1.54) is 27.0 Å². The van der Waals surface area contributed by atoms with Gasteiger partial charge in [0, 0.05) is 23.7 Å². The highest BCUT2D eigenvalue weighted by Gasteiger charge is 2.36. The molecule has 0 spiro atoms. The first-order valence-corrected chi connectivity index (χ1v) is 6.85. The number of carbonyl (C=O) groups is 2. The maximum absolute atomic E-state index is 12.3. The van der Waals surface area contributed by atoms with E-state index in [2.05, 4.69) is 5.16 Å². The lowest BCUT2D eigenvalue weighted by atomic mass is 10.0. The van der Waals surface area contributed by atoms with Gasteiger partial charge in [0.1, 0.15) is 5.54 Å². The van der Waals surface area contributed by atoms with Gasteiger partial charge in [-0.2, -0.15) is 0 Å². The van der Waals surface area contributed by atoms with E-state index in [9.17, 15) is 9.59 Å². The molecule has 0 atom stereocenters. The Bertz CT molecular complexity index is 707. The molecule has 1 aromatic carbocycles. The predicted molar refractivity (Wildman–Crippen MR) is 80.8 cm³/mol. The fourth-order valence-corrected chi connectivity index (χ4v) is 1.82. The quantitative estimate of drug-likeness (QED) is 0.935. The van der Waals surface area contributed by atoms with Crippen molar-refractivity contribution in [2.45, 2.75) is 19.4 Å². The average Bonchev–Trinajstić information content (AvgIpc) is 2.96. The number of nitrogens with zero attached hydrogens (tertiary/aromatic N) is 2. The fraction of sp³-hybridized carbons (Fsp3) is 0.267. The molecular formula is C15H15ClN2O4. The van der Waals surface area contributed by atoms with E-state index in [4.69, 9.17) is 21.2 Å². The number of halogens is 1. The monoisotopic (exact) mass is 322 g/mol. The van der Waals surface area contributed by atoms with Gasteiger partial charge in [0.25, 0.3) is 5.91 Å². The average molecular weight is 323 g/mol. The summed E-state index contributed by atoms with van der Waals surface area (Å²) in [6.07, 6.45) is 0. The van der Waals surface area contributed by atoms with Gasteiger partial charge in [0.2, 0.25) is 0 Å². The van der Waals surface area contributed by atoms with Crippen LogP contribution in [0.25, 0.3) is 11.3 Å². The van der Waals surface area contributed by atoms with Crippen molar-refractivity contribution in [2.24, 2.45) is 0 Å². The van der Waals surface area contributed by atoms with E-state index in [1.54, 1.807) is 24.3 Å². The zero-order valence-electron chi connectivity index (χ0n) is 12.3. The molecule has 0 aliphatic heterocycles. The van der Waals surface area contributed by atoms with E-state index in [0.717, 1.165) is 10.5 Å². The van der Waals surface area contributed by atoms with Crippen molar-refractivity contribution in [3.05, 3.63) is 41.0 Å². The van der Waals surface area contributed by atoms with Gasteiger partial charge in [-0.05, 0) is 38.1 Å². The molecule has 0 saturated carbocycles. The molecule has 116 valence electrons. The molecule has 2 rings (SSSR count). The van der Waals surface area contributed by atoms with Crippen LogP contribution in [0.3, 0.4) is 0 Å². The molecule has 1 N–H and O–H groups in total. The highest BCUT2D eigenvalue weighted by molar-refractivity contribution is 6.30. The number of benzene rings is 1. The fourth-order valence-electron chi connectivity index (χ4n) is 1.70. The van der Waals surface area contributed by atoms with E-state index in [1.807, 2.05) is 0 Å². The van der Waals surface area contributed by atoms with E-state index in [-0.39, 0.29) is 5.69 Å². The third-order valence-electron chi connectivity index (χ3n) is 3.52. The highest BCUT2D eigenvalue weighted by Crippen LogP contribution is 2.24. The number of carboxylic acids is 1. The lowest BCUT2D eigenvalue weighted by Gasteiger charge is -2.30. The Morgan fingerprint density at radius 1 is 1.27 bits per heavy atom. The van der Waals surface area contributed by atoms with Crippen molar-refractivity contribution in [1.29, 1.82) is 0 Å². The minimum atomic E-state index is -1.35. The number of hydrogen-bond acceptors (Lipinski definition) is 4. The molecule has 0 fully saturated rings. The molecule has 2 aromatic rings. The number of carbonyl (C=O) groups excluding carboxylic acids is 1. The van der Waals surface area contributed by atoms with E-state index in [0.29, 0.717) is 10.8 Å². The third kappa shape index (κ3) is 2.96. The highest BCUT2D eigenvalue weighted by atomic mass is 35.5. The summed E-state index contributed by atoms with van der Waals surface area (Å²) in [5.41, 5.74) is -0.589. The second-order valence-corrected chi connectivity index (χ2v) is 5.75. The van der Waals surface area contributed by atoms with Crippen LogP contribution in [-0.2, 0) is 4.79 Å². The van der Waals surface area contributed by atoms with Gasteiger partial charge in [-0.1, -0.05) is 16.8 Å². The van der Waals surface area contributed by atoms with Crippen molar-refractivity contribution in [2.75, 3.05) is 7.05 Å². The Labute approximate surface area is 132 Å². The van der Waals surface area contributed by atoms with Crippen LogP contribution in [0, 0.1) is 0 Å². The normalized spacial score (nSPS) is 11.3. The van der Waals surface area contributed by atoms with Gasteiger partial charge in [-0.3, -0.25) is 4.79 Å². The van der Waals surface area contributed by atoms with Crippen molar-refractivity contribution in [1.82, 2.24) is 10.1 Å². The molecule has 0 saturated heterocycles. The topological polar surface area (TPSA) is 83.6 Å². The molecule has 1 amide bonds. The number of hydrogen-bond donors (Lipinski definition) is 1. The van der Waals surface area contributed by atoms with Crippen LogP contribution in [0.5, 0.6) is 0 Å². The molecule has 0 bridgehead atoms. The molecule has 7 heteroatoms. The first kappa shape index (κ1) is 16.0. The molecule has 0 unspecified atom stereocenters. The maximum Gasteiger partial charge on any atom is 0.329 e. The Morgan fingerprint density at radius 2 is 1.86 bits per heavy atom. The van der Waals surface area contributed by atoms with Crippen molar-refractivity contribution in [3.8, 4) is 11.3 Å². The van der Waals surface area contributed by atoms with Gasteiger partial charge in [-0.15, -0.1) is 0 Å². The largest absolute Gasteiger partial charge is 0.480 e. The summed E-state index contributed by atoms with van der Waals surface area (Å²) < 4.78 is 5.15. The van der Waals surface area contributed by atoms with Crippen LogP contribution < -0.4 is 0 Å². The lowest BCUT2D eigenvalue weighted by molar-refractivity contribution is -0.147. The van der Waals surface area contributed by atoms with Gasteiger partial charge in [-0.25, -0.2) is 4.79 Å². The number of likely N-dealkylation sites (N-methyl/N-ethyl adjacent to an activating group) is 1. The van der Waals surface area contributed by atoms with Crippen LogP contribution in [0.1, 0.15) is 24.3 Å². The molecule has 6 nitrogen and oxygen atoms in total. The molecule has 0 aliphatic carbocycles. The van der Waals surface area contributed by atoms with Crippen LogP contribution in [-0.4, -0.2) is 39.6 Å². The molecule has 0 aliphatic rings. The van der Waals surface area contributed by atoms with Crippen molar-refractivity contribution >= 4 is 23.5 Å². The van der Waals surface area contributed by atoms with Crippen molar-refractivity contribution < 1.29 is 19.2 Å². The molecule has 0 radical (unpaired) electrons. The van der Waals surface area contributed by atoms with Crippen LogP contribution in [0.2, 0.25) is 5.02 Å². The number of amides is 1. The third-order valence-corrected chi connectivity index (χ3v) is 3.78. The first-order valence-electron chi connectivity index (χ1n) is 6.47. The predicted octanol–water partition coefficient (Wildman–Crippen LogP) is 2.93. The maximum atomic E-state index is 12.3. The summed E-state index contributed by atoms with van der Waals surface area (Å²) in [5.74, 6) is -1.23. The Hall–Kier alpha value is -2.34. The summed E-state index contributed by atoms with van der Waals surface area (Å²) in [6.45, 7) is 2.88. The summed E-state index contributed by atoms with van der Waals surface area (Å²) in [7, 11) is 1.41. The minimum Gasteiger partial charge on any atom is -0.480 e. The second-order valence-electron chi connectivity index (χ2n) is 5.31. The van der Waals surface area contributed by atoms with Crippen LogP contribution in [0.4, 0.5) is 0 Å². The lowest BCUT2D eigenvalue weighted by Crippen LogP contribution is -2.50. The van der Waals surface area contributed by atoms with E-state index < -0.39 is 17.4 Å². The number of carboxylic acid groups (broad SMARTS) is 1. The molecule has 1 aromatic heterocycles. The Morgan fingerprint density at radius 3 is 2.41 bits per heavy atom. The standard InChI is InChI=1S/C15H15ClN2O4/c1-15(2,14(20)21)18(3)13(19)11-8-12(22-17-11)9-4-6-10(16)7-5-9/h4-8H,1-3H3,(H,20,21). The molecular weight excluding hydrogens is 308 g/mol. The van der Waals surface area contributed by atoms with Crippen LogP contribution in [0.15, 0.2) is 34.9 Å². The minimum absolute atomic E-state index is 0.0433. The Kier molecular flexibility index (Phi) is 4.23. The van der Waals surface area contributed by atoms with Gasteiger partial charge < -0.3 is 14.5 Å². The zero-order chi connectivity index (χ0) is 16.5. The van der Waals surface area contributed by atoms with Gasteiger partial charge in [0.15, 0.2) is 11.5 Å². The zero-order valence-corrected chi connectivity index (χ0v) is 13.1. The second kappa shape index (κ2) is 5.81. The number of aliphatic carboxylic acids is 1. The summed E-state index contributed by atoms with van der Waals surface area (Å²) >= 11 is 5.81. The number of aromatic nitrogens is 1. The number of rotatable bonds is 4. The van der Waals surface area contributed by atoms with Gasteiger partial charge >= 0.3 is 5.97 Å². The first-order chi connectivity index (χ1) is 10.2. The Balaban J connectivity index is 2.26. The summed E-state index contributed by atoms with van der Waals surface area (Å²) in [4.78, 5) is 24.6. The SMILES string of the molecule is CN(C(=O)c1cc(-c2ccc(Cl)cc2)on1)C(C)(C)C(=O)O. The van der Waals surface area contributed by atoms with E-state index >= 15 is 0 Å². The smallest absolute Gasteiger partial charge is 0.329 e. The molecule has 22 heavy (non-hydrogen) atoms.